The first-order valence-electron chi connectivity index (χ1n) is 6.05. The molecule has 2 atom stereocenters. The predicted molar refractivity (Wildman–Crippen MR) is 70.2 cm³/mol. The molecule has 0 spiro atoms. The van der Waals surface area contributed by atoms with Crippen LogP contribution in [-0.2, 0) is 9.53 Å². The first-order chi connectivity index (χ1) is 9.13. The lowest BCUT2D eigenvalue weighted by Gasteiger charge is -2.15. The molecule has 5 heteroatoms. The number of aromatic nitrogens is 1. The van der Waals surface area contributed by atoms with Gasteiger partial charge in [0.15, 0.2) is 0 Å². The Morgan fingerprint density at radius 2 is 2.11 bits per heavy atom. The van der Waals surface area contributed by atoms with E-state index in [0.29, 0.717) is 11.2 Å². The second kappa shape index (κ2) is 5.75. The number of benzene rings is 1. The molecule has 1 heterocycles. The summed E-state index contributed by atoms with van der Waals surface area (Å²) in [4.78, 5) is 15.6. The van der Waals surface area contributed by atoms with Crippen LogP contribution in [0, 0.1) is 0 Å². The van der Waals surface area contributed by atoms with Crippen LogP contribution in [0.4, 0.5) is 4.39 Å². The van der Waals surface area contributed by atoms with E-state index in [4.69, 9.17) is 5.73 Å². The van der Waals surface area contributed by atoms with Crippen molar-refractivity contribution in [1.29, 1.82) is 0 Å². The normalized spacial score (nSPS) is 14.1. The van der Waals surface area contributed by atoms with Crippen molar-refractivity contribution in [3.8, 4) is 0 Å². The lowest BCUT2D eigenvalue weighted by Crippen LogP contribution is -2.32. The molecule has 0 fully saturated rings. The molecule has 0 bridgehead atoms. The molecule has 100 valence electrons. The molecule has 2 N–H and O–H groups in total. The maximum Gasteiger partial charge on any atom is 0.342 e. The Hall–Kier alpha value is -2.01. The third-order valence-electron chi connectivity index (χ3n) is 2.79. The first-order valence-corrected chi connectivity index (χ1v) is 6.05. The number of rotatable bonds is 4. The van der Waals surface area contributed by atoms with Gasteiger partial charge in [0, 0.05) is 5.39 Å². The molecule has 1 aromatic carbocycles. The molecule has 0 aliphatic heterocycles. The molecule has 19 heavy (non-hydrogen) atoms. The van der Waals surface area contributed by atoms with Gasteiger partial charge < -0.3 is 10.5 Å². The van der Waals surface area contributed by atoms with Crippen molar-refractivity contribution in [1.82, 2.24) is 4.98 Å². The van der Waals surface area contributed by atoms with E-state index in [-0.39, 0.29) is 6.61 Å². The van der Waals surface area contributed by atoms with Crippen molar-refractivity contribution in [2.75, 3.05) is 6.61 Å². The maximum atomic E-state index is 13.8. The molecule has 2 aromatic rings. The van der Waals surface area contributed by atoms with Crippen molar-refractivity contribution in [2.45, 2.75) is 19.1 Å². The van der Waals surface area contributed by atoms with Crippen LogP contribution in [0.1, 0.15) is 18.7 Å². The molecule has 0 radical (unpaired) electrons. The Balaban J connectivity index is 2.25. The fraction of sp³-hybridized carbons (Fsp3) is 0.286. The van der Waals surface area contributed by atoms with E-state index >= 15 is 0 Å². The smallest absolute Gasteiger partial charge is 0.342 e. The minimum absolute atomic E-state index is 0.122. The quantitative estimate of drug-likeness (QED) is 0.857. The lowest BCUT2D eigenvalue weighted by molar-refractivity contribution is -0.150. The van der Waals surface area contributed by atoms with Gasteiger partial charge in [-0.15, -0.1) is 0 Å². The summed E-state index contributed by atoms with van der Waals surface area (Å²) in [5.41, 5.74) is 6.77. The van der Waals surface area contributed by atoms with Gasteiger partial charge in [0.2, 0.25) is 6.17 Å². The van der Waals surface area contributed by atoms with E-state index in [1.54, 1.807) is 19.1 Å². The Morgan fingerprint density at radius 3 is 2.84 bits per heavy atom. The highest BCUT2D eigenvalue weighted by Crippen LogP contribution is 2.19. The Kier molecular flexibility index (Phi) is 4.06. The van der Waals surface area contributed by atoms with Crippen molar-refractivity contribution in [2.24, 2.45) is 5.73 Å². The zero-order valence-corrected chi connectivity index (χ0v) is 10.5. The van der Waals surface area contributed by atoms with Crippen LogP contribution in [0.25, 0.3) is 10.9 Å². The molecule has 0 amide bonds. The summed E-state index contributed by atoms with van der Waals surface area (Å²) < 4.78 is 18.4. The highest BCUT2D eigenvalue weighted by Gasteiger charge is 2.28. The van der Waals surface area contributed by atoms with Crippen LogP contribution < -0.4 is 5.73 Å². The summed E-state index contributed by atoms with van der Waals surface area (Å²) >= 11 is 0. The van der Waals surface area contributed by atoms with Gasteiger partial charge in [-0.3, -0.25) is 4.98 Å². The molecule has 0 saturated heterocycles. The van der Waals surface area contributed by atoms with E-state index in [2.05, 4.69) is 9.72 Å². The zero-order chi connectivity index (χ0) is 13.8. The van der Waals surface area contributed by atoms with E-state index in [9.17, 15) is 9.18 Å². The fourth-order valence-electron chi connectivity index (χ4n) is 1.79. The van der Waals surface area contributed by atoms with Gasteiger partial charge in [-0.05, 0) is 19.1 Å². The Labute approximate surface area is 110 Å². The predicted octanol–water partition coefficient (Wildman–Crippen LogP) is 2.14. The summed E-state index contributed by atoms with van der Waals surface area (Å²) in [6.07, 6.45) is -1.91. The van der Waals surface area contributed by atoms with Crippen molar-refractivity contribution < 1.29 is 13.9 Å². The number of hydrogen-bond donors (Lipinski definition) is 1. The topological polar surface area (TPSA) is 65.2 Å². The average Bonchev–Trinajstić information content (AvgIpc) is 2.45. The third kappa shape index (κ3) is 2.88. The number of para-hydroxylation sites is 1. The lowest BCUT2D eigenvalue weighted by atomic mass is 10.1. The SMILES string of the molecule is CCOC(=O)C(F)[C@H](N)c1ccc2ccccc2n1. The van der Waals surface area contributed by atoms with Crippen LogP contribution in [-0.4, -0.2) is 23.7 Å². The van der Waals surface area contributed by atoms with Crippen LogP contribution in [0.3, 0.4) is 0 Å². The van der Waals surface area contributed by atoms with Crippen molar-refractivity contribution >= 4 is 16.9 Å². The van der Waals surface area contributed by atoms with Crippen LogP contribution in [0.5, 0.6) is 0 Å². The second-order valence-corrected chi connectivity index (χ2v) is 4.11. The maximum absolute atomic E-state index is 13.8. The monoisotopic (exact) mass is 262 g/mol. The van der Waals surface area contributed by atoms with Gasteiger partial charge in [-0.2, -0.15) is 0 Å². The van der Waals surface area contributed by atoms with E-state index in [0.717, 1.165) is 5.39 Å². The number of nitrogens with zero attached hydrogens (tertiary/aromatic N) is 1. The highest BCUT2D eigenvalue weighted by molar-refractivity contribution is 5.79. The standard InChI is InChI=1S/C14H15FN2O2/c1-2-19-14(18)12(15)13(16)11-8-7-9-5-3-4-6-10(9)17-11/h3-8,12-13H,2,16H2,1H3/t12?,13-/m1/s1. The number of ether oxygens (including phenoxy) is 1. The number of esters is 1. The van der Waals surface area contributed by atoms with Crippen molar-refractivity contribution in [3.63, 3.8) is 0 Å². The van der Waals surface area contributed by atoms with Crippen molar-refractivity contribution in [3.05, 3.63) is 42.1 Å². The summed E-state index contributed by atoms with van der Waals surface area (Å²) in [5.74, 6) is -0.954. The molecule has 1 unspecified atom stereocenters. The highest BCUT2D eigenvalue weighted by atomic mass is 19.1. The summed E-state index contributed by atoms with van der Waals surface area (Å²) in [6, 6.07) is 9.74. The minimum atomic E-state index is -1.91. The number of hydrogen-bond acceptors (Lipinski definition) is 4. The van der Waals surface area contributed by atoms with Gasteiger partial charge in [0.1, 0.15) is 0 Å². The number of carbonyl (C=O) groups excluding carboxylic acids is 1. The van der Waals surface area contributed by atoms with E-state index in [1.165, 1.54) is 0 Å². The van der Waals surface area contributed by atoms with Gasteiger partial charge >= 0.3 is 5.97 Å². The molecular formula is C14H15FN2O2. The van der Waals surface area contributed by atoms with Gasteiger partial charge in [-0.25, -0.2) is 9.18 Å². The summed E-state index contributed by atoms with van der Waals surface area (Å²) in [5, 5.41) is 0.935. The molecule has 2 rings (SSSR count). The third-order valence-corrected chi connectivity index (χ3v) is 2.79. The summed E-state index contributed by atoms with van der Waals surface area (Å²) in [7, 11) is 0. The van der Waals surface area contributed by atoms with E-state index < -0.39 is 18.2 Å². The molecule has 1 aromatic heterocycles. The minimum Gasteiger partial charge on any atom is -0.464 e. The molecule has 4 nitrogen and oxygen atoms in total. The Bertz CT molecular complexity index is 588. The number of alkyl halides is 1. The average molecular weight is 262 g/mol. The molecule has 0 aliphatic rings. The number of halogens is 1. The van der Waals surface area contributed by atoms with Gasteiger partial charge in [-0.1, -0.05) is 24.3 Å². The number of fused-ring (bicyclic) bond motifs is 1. The van der Waals surface area contributed by atoms with E-state index in [1.807, 2.05) is 24.3 Å². The largest absolute Gasteiger partial charge is 0.464 e. The van der Waals surface area contributed by atoms with Crippen LogP contribution in [0.15, 0.2) is 36.4 Å². The zero-order valence-electron chi connectivity index (χ0n) is 10.5. The fourth-order valence-corrected chi connectivity index (χ4v) is 1.79. The van der Waals surface area contributed by atoms with Gasteiger partial charge in [0.25, 0.3) is 0 Å². The molecule has 0 saturated carbocycles. The summed E-state index contributed by atoms with van der Waals surface area (Å²) in [6.45, 7) is 1.74. The first kappa shape index (κ1) is 13.4. The number of carbonyl (C=O) groups is 1. The van der Waals surface area contributed by atoms with Crippen LogP contribution >= 0.6 is 0 Å². The second-order valence-electron chi connectivity index (χ2n) is 4.11. The number of nitrogens with two attached hydrogens (primary N) is 1. The van der Waals surface area contributed by atoms with Gasteiger partial charge in [0.05, 0.1) is 23.9 Å². The Morgan fingerprint density at radius 1 is 1.37 bits per heavy atom. The van der Waals surface area contributed by atoms with Crippen LogP contribution in [0.2, 0.25) is 0 Å². The molecule has 0 aliphatic carbocycles. The number of pyridine rings is 1. The molecular weight excluding hydrogens is 247 g/mol.